The summed E-state index contributed by atoms with van der Waals surface area (Å²) in [4.78, 5) is 24.5. The number of aromatic nitrogens is 3. The van der Waals surface area contributed by atoms with Gasteiger partial charge < -0.3 is 4.98 Å². The molecule has 2 aromatic heterocycles. The molecule has 136 valence electrons. The molecule has 0 saturated heterocycles. The summed E-state index contributed by atoms with van der Waals surface area (Å²) in [5.41, 5.74) is 4.02. The van der Waals surface area contributed by atoms with Crippen LogP contribution in [0.25, 0.3) is 0 Å². The van der Waals surface area contributed by atoms with E-state index in [1.54, 1.807) is 11.3 Å². The lowest BCUT2D eigenvalue weighted by atomic mass is 10.0. The van der Waals surface area contributed by atoms with E-state index in [2.05, 4.69) is 32.5 Å². The molecule has 1 N–H and O–H groups in total. The van der Waals surface area contributed by atoms with E-state index in [4.69, 9.17) is 0 Å². The molecule has 1 aromatic carbocycles. The van der Waals surface area contributed by atoms with Gasteiger partial charge in [-0.25, -0.2) is 9.97 Å². The highest BCUT2D eigenvalue weighted by Crippen LogP contribution is 2.16. The quantitative estimate of drug-likeness (QED) is 0.593. The molecule has 0 fully saturated rings. The number of nitrogens with zero attached hydrogens (tertiary/aromatic N) is 2. The molecule has 0 spiro atoms. The van der Waals surface area contributed by atoms with Gasteiger partial charge in [-0.2, -0.15) is 11.8 Å². The Morgan fingerprint density at radius 1 is 1.08 bits per heavy atom. The Bertz CT molecular complexity index is 903. The number of H-pyrrole nitrogens is 1. The predicted octanol–water partition coefficient (Wildman–Crippen LogP) is 4.10. The lowest BCUT2D eigenvalue weighted by Crippen LogP contribution is -2.20. The number of aromatic amines is 1. The van der Waals surface area contributed by atoms with E-state index < -0.39 is 0 Å². The average Bonchev–Trinajstić information content (AvgIpc) is 3.04. The molecule has 0 bridgehead atoms. The third-order valence-electron chi connectivity index (χ3n) is 4.18. The molecule has 4 nitrogen and oxygen atoms in total. The fourth-order valence-corrected chi connectivity index (χ4v) is 4.37. The van der Waals surface area contributed by atoms with Gasteiger partial charge in [0, 0.05) is 34.6 Å². The summed E-state index contributed by atoms with van der Waals surface area (Å²) >= 11 is 3.50. The maximum atomic E-state index is 12.4. The third-order valence-corrected chi connectivity index (χ3v) is 5.99. The van der Waals surface area contributed by atoms with Crippen LogP contribution in [0.15, 0.2) is 40.5 Å². The van der Waals surface area contributed by atoms with Crippen molar-refractivity contribution < 1.29 is 0 Å². The number of thiazole rings is 1. The molecule has 0 unspecified atom stereocenters. The molecule has 6 heteroatoms. The van der Waals surface area contributed by atoms with Crippen molar-refractivity contribution in [3.05, 3.63) is 79.4 Å². The topological polar surface area (TPSA) is 58.6 Å². The van der Waals surface area contributed by atoms with Gasteiger partial charge in [-0.1, -0.05) is 30.3 Å². The van der Waals surface area contributed by atoms with Crippen LogP contribution in [-0.4, -0.2) is 20.7 Å². The molecule has 0 atom stereocenters. The van der Waals surface area contributed by atoms with Crippen LogP contribution in [0.4, 0.5) is 0 Å². The van der Waals surface area contributed by atoms with E-state index in [9.17, 15) is 4.79 Å². The van der Waals surface area contributed by atoms with E-state index in [-0.39, 0.29) is 5.56 Å². The minimum absolute atomic E-state index is 0.00329. The number of hydrogen-bond acceptors (Lipinski definition) is 5. The normalized spacial score (nSPS) is 11.0. The Morgan fingerprint density at radius 3 is 2.58 bits per heavy atom. The van der Waals surface area contributed by atoms with Crippen LogP contribution < -0.4 is 5.56 Å². The summed E-state index contributed by atoms with van der Waals surface area (Å²) in [6, 6.07) is 10.2. The van der Waals surface area contributed by atoms with Gasteiger partial charge in [-0.15, -0.1) is 11.3 Å². The Hall–Kier alpha value is -1.92. The first-order chi connectivity index (χ1) is 12.6. The predicted molar refractivity (Wildman–Crippen MR) is 110 cm³/mol. The molecule has 0 amide bonds. The Balaban J connectivity index is 1.53. The van der Waals surface area contributed by atoms with Gasteiger partial charge in [-0.05, 0) is 32.3 Å². The molecule has 0 saturated carbocycles. The zero-order valence-electron chi connectivity index (χ0n) is 15.1. The molecule has 3 aromatic rings. The minimum atomic E-state index is 0.00329. The molecule has 26 heavy (non-hydrogen) atoms. The van der Waals surface area contributed by atoms with Gasteiger partial charge in [0.05, 0.1) is 10.7 Å². The molecular formula is C20H23N3OS2. The molecule has 0 aliphatic carbocycles. The minimum Gasteiger partial charge on any atom is -0.310 e. The monoisotopic (exact) mass is 385 g/mol. The van der Waals surface area contributed by atoms with Crippen molar-refractivity contribution in [3.63, 3.8) is 0 Å². The maximum absolute atomic E-state index is 12.4. The smallest absolute Gasteiger partial charge is 0.254 e. The molecule has 0 radical (unpaired) electrons. The van der Waals surface area contributed by atoms with E-state index in [0.717, 1.165) is 58.6 Å². The highest BCUT2D eigenvalue weighted by Gasteiger charge is 2.09. The van der Waals surface area contributed by atoms with Gasteiger partial charge in [-0.3, -0.25) is 4.79 Å². The summed E-state index contributed by atoms with van der Waals surface area (Å²) in [7, 11) is 0. The van der Waals surface area contributed by atoms with Gasteiger partial charge in [0.2, 0.25) is 0 Å². The fraction of sp³-hybridized carbons (Fsp3) is 0.350. The van der Waals surface area contributed by atoms with Crippen LogP contribution in [-0.2, 0) is 25.0 Å². The molecule has 0 aliphatic heterocycles. The van der Waals surface area contributed by atoms with E-state index in [1.807, 2.05) is 43.8 Å². The fourth-order valence-electron chi connectivity index (χ4n) is 2.82. The molecule has 2 heterocycles. The second kappa shape index (κ2) is 9.14. The first-order valence-electron chi connectivity index (χ1n) is 8.73. The Kier molecular flexibility index (Phi) is 6.63. The first-order valence-corrected chi connectivity index (χ1v) is 10.8. The van der Waals surface area contributed by atoms with Crippen molar-refractivity contribution in [2.75, 3.05) is 5.75 Å². The Morgan fingerprint density at radius 2 is 1.88 bits per heavy atom. The van der Waals surface area contributed by atoms with Crippen LogP contribution in [0.2, 0.25) is 0 Å². The van der Waals surface area contributed by atoms with Crippen LogP contribution in [0, 0.1) is 13.8 Å². The molecule has 3 rings (SSSR count). The highest BCUT2D eigenvalue weighted by molar-refractivity contribution is 7.98. The zero-order chi connectivity index (χ0) is 18.4. The Labute approximate surface area is 162 Å². The van der Waals surface area contributed by atoms with Crippen molar-refractivity contribution in [3.8, 4) is 0 Å². The zero-order valence-corrected chi connectivity index (χ0v) is 16.8. The van der Waals surface area contributed by atoms with Gasteiger partial charge >= 0.3 is 0 Å². The lowest BCUT2D eigenvalue weighted by Gasteiger charge is -2.07. The van der Waals surface area contributed by atoms with Gasteiger partial charge in [0.15, 0.2) is 0 Å². The van der Waals surface area contributed by atoms with Crippen molar-refractivity contribution in [2.24, 2.45) is 0 Å². The van der Waals surface area contributed by atoms with Crippen molar-refractivity contribution in [2.45, 2.75) is 38.9 Å². The first kappa shape index (κ1) is 18.9. The number of benzene rings is 1. The lowest BCUT2D eigenvalue weighted by molar-refractivity contribution is 0.840. The van der Waals surface area contributed by atoms with Crippen molar-refractivity contribution in [1.29, 1.82) is 0 Å². The van der Waals surface area contributed by atoms with E-state index >= 15 is 0 Å². The van der Waals surface area contributed by atoms with Crippen LogP contribution in [0.5, 0.6) is 0 Å². The molecular weight excluding hydrogens is 362 g/mol. The van der Waals surface area contributed by atoms with Gasteiger partial charge in [0.25, 0.3) is 5.56 Å². The number of rotatable bonds is 8. The summed E-state index contributed by atoms with van der Waals surface area (Å²) in [6.07, 6.45) is 2.34. The van der Waals surface area contributed by atoms with Crippen LogP contribution in [0.3, 0.4) is 0 Å². The summed E-state index contributed by atoms with van der Waals surface area (Å²) in [6.45, 7) is 3.96. The van der Waals surface area contributed by atoms with Gasteiger partial charge in [0.1, 0.15) is 5.82 Å². The maximum Gasteiger partial charge on any atom is 0.254 e. The average molecular weight is 386 g/mol. The number of hydrogen-bond donors (Lipinski definition) is 1. The summed E-state index contributed by atoms with van der Waals surface area (Å²) < 4.78 is 0. The van der Waals surface area contributed by atoms with Crippen molar-refractivity contribution in [1.82, 2.24) is 15.0 Å². The van der Waals surface area contributed by atoms with E-state index in [1.165, 1.54) is 5.56 Å². The van der Waals surface area contributed by atoms with Crippen molar-refractivity contribution >= 4 is 23.1 Å². The SMILES string of the molecule is Cc1nc(CSCCc2nc(C)c(CCc3ccccc3)c(=O)[nH]2)cs1. The summed E-state index contributed by atoms with van der Waals surface area (Å²) in [5.74, 6) is 2.60. The summed E-state index contributed by atoms with van der Waals surface area (Å²) in [5, 5.41) is 3.21. The molecule has 0 aliphatic rings. The second-order valence-corrected chi connectivity index (χ2v) is 8.39. The number of aryl methyl sites for hydroxylation is 4. The number of thioether (sulfide) groups is 1. The van der Waals surface area contributed by atoms with E-state index in [0.29, 0.717) is 0 Å². The van der Waals surface area contributed by atoms with Crippen LogP contribution >= 0.6 is 23.1 Å². The third kappa shape index (κ3) is 5.29. The van der Waals surface area contributed by atoms with Crippen LogP contribution in [0.1, 0.15) is 33.3 Å². The highest BCUT2D eigenvalue weighted by atomic mass is 32.2. The standard InChI is InChI=1S/C20H23N3OS2/c1-14-18(9-8-16-6-4-3-5-7-16)20(24)23-19(21-14)10-11-25-12-17-13-26-15(2)22-17/h3-7,13H,8-12H2,1-2H3,(H,21,23,24). The second-order valence-electron chi connectivity index (χ2n) is 6.22. The number of nitrogens with one attached hydrogen (secondary N) is 1. The largest absolute Gasteiger partial charge is 0.310 e.